The molecule has 1 unspecified atom stereocenters. The molecule has 5 nitrogen and oxygen atoms in total. The lowest BCUT2D eigenvalue weighted by Crippen LogP contribution is -1.93. The van der Waals surface area contributed by atoms with E-state index in [1.54, 1.807) is 12.1 Å². The maximum Gasteiger partial charge on any atom is 0.276 e. The van der Waals surface area contributed by atoms with Crippen molar-refractivity contribution in [3.05, 3.63) is 29.7 Å². The second-order valence-corrected chi connectivity index (χ2v) is 3.81. The van der Waals surface area contributed by atoms with Gasteiger partial charge in [0.1, 0.15) is 11.8 Å². The van der Waals surface area contributed by atoms with Gasteiger partial charge in [-0.25, -0.2) is 4.98 Å². The van der Waals surface area contributed by atoms with Crippen molar-refractivity contribution in [2.24, 2.45) is 0 Å². The van der Waals surface area contributed by atoms with Crippen LogP contribution in [0.2, 0.25) is 0 Å². The number of nitriles is 1. The molecule has 0 amide bonds. The molecule has 0 saturated carbocycles. The molecule has 0 bridgehead atoms. The van der Waals surface area contributed by atoms with Crippen LogP contribution in [0.25, 0.3) is 11.6 Å². The fourth-order valence-electron chi connectivity index (χ4n) is 1.31. The molecule has 0 aromatic carbocycles. The number of pyridine rings is 1. The van der Waals surface area contributed by atoms with E-state index in [2.05, 4.69) is 22.0 Å². The average Bonchev–Trinajstić information content (AvgIpc) is 2.87. The second kappa shape index (κ2) is 4.74. The van der Waals surface area contributed by atoms with Crippen LogP contribution < -0.4 is 0 Å². The van der Waals surface area contributed by atoms with Crippen molar-refractivity contribution in [1.82, 2.24) is 15.1 Å². The van der Waals surface area contributed by atoms with Crippen molar-refractivity contribution in [1.29, 1.82) is 5.26 Å². The molecule has 1 atom stereocenters. The number of hydrogen-bond donors (Lipinski definition) is 0. The lowest BCUT2D eigenvalue weighted by Gasteiger charge is -1.98. The topological polar surface area (TPSA) is 75.6 Å². The van der Waals surface area contributed by atoms with E-state index in [-0.39, 0.29) is 5.92 Å². The molecule has 86 valence electrons. The third-order valence-electron chi connectivity index (χ3n) is 2.61. The molecule has 0 spiro atoms. The van der Waals surface area contributed by atoms with E-state index < -0.39 is 0 Å². The molecule has 0 radical (unpaired) electrons. The van der Waals surface area contributed by atoms with Gasteiger partial charge in [0.05, 0.1) is 5.56 Å². The molecule has 2 aromatic rings. The monoisotopic (exact) mass is 228 g/mol. The highest BCUT2D eigenvalue weighted by atomic mass is 16.5. The minimum atomic E-state index is 0.269. The van der Waals surface area contributed by atoms with Crippen LogP contribution in [-0.2, 0) is 0 Å². The molecule has 0 saturated heterocycles. The third-order valence-corrected chi connectivity index (χ3v) is 2.61. The molecule has 2 heterocycles. The van der Waals surface area contributed by atoms with Crippen LogP contribution in [0.5, 0.6) is 0 Å². The molecule has 0 fully saturated rings. The van der Waals surface area contributed by atoms with Gasteiger partial charge in [0, 0.05) is 12.1 Å². The molecular weight excluding hydrogens is 216 g/mol. The summed E-state index contributed by atoms with van der Waals surface area (Å²) in [5, 5.41) is 12.6. The predicted octanol–water partition coefficient (Wildman–Crippen LogP) is 2.52. The smallest absolute Gasteiger partial charge is 0.276 e. The summed E-state index contributed by atoms with van der Waals surface area (Å²) in [6, 6.07) is 5.39. The predicted molar refractivity (Wildman–Crippen MR) is 61.0 cm³/mol. The lowest BCUT2D eigenvalue weighted by atomic mass is 10.1. The molecule has 2 aromatic heterocycles. The van der Waals surface area contributed by atoms with Crippen molar-refractivity contribution >= 4 is 0 Å². The average molecular weight is 228 g/mol. The Labute approximate surface area is 99.1 Å². The maximum atomic E-state index is 8.67. The summed E-state index contributed by atoms with van der Waals surface area (Å²) in [6.07, 6.45) is 2.45. The van der Waals surface area contributed by atoms with Crippen LogP contribution >= 0.6 is 0 Å². The zero-order valence-electron chi connectivity index (χ0n) is 9.71. The zero-order chi connectivity index (χ0) is 12.3. The SMILES string of the molecule is CCC(C)c1noc(-c2ccc(C#N)cn2)n1. The Kier molecular flexibility index (Phi) is 3.15. The summed E-state index contributed by atoms with van der Waals surface area (Å²) in [7, 11) is 0. The lowest BCUT2D eigenvalue weighted by molar-refractivity contribution is 0.415. The largest absolute Gasteiger partial charge is 0.332 e. The highest BCUT2D eigenvalue weighted by molar-refractivity contribution is 5.47. The summed E-state index contributed by atoms with van der Waals surface area (Å²) in [5.41, 5.74) is 1.10. The highest BCUT2D eigenvalue weighted by Crippen LogP contribution is 2.20. The van der Waals surface area contributed by atoms with Crippen molar-refractivity contribution < 1.29 is 4.52 Å². The van der Waals surface area contributed by atoms with E-state index in [0.29, 0.717) is 23.0 Å². The van der Waals surface area contributed by atoms with Gasteiger partial charge in [0.25, 0.3) is 5.89 Å². The van der Waals surface area contributed by atoms with Gasteiger partial charge in [-0.3, -0.25) is 0 Å². The Hall–Kier alpha value is -2.22. The van der Waals surface area contributed by atoms with Gasteiger partial charge >= 0.3 is 0 Å². The van der Waals surface area contributed by atoms with Crippen molar-refractivity contribution in [3.63, 3.8) is 0 Å². The highest BCUT2D eigenvalue weighted by Gasteiger charge is 2.13. The molecule has 0 aliphatic carbocycles. The van der Waals surface area contributed by atoms with Gasteiger partial charge < -0.3 is 4.52 Å². The molecule has 2 rings (SSSR count). The van der Waals surface area contributed by atoms with Crippen molar-refractivity contribution in [2.75, 3.05) is 0 Å². The van der Waals surface area contributed by atoms with E-state index in [0.717, 1.165) is 6.42 Å². The van der Waals surface area contributed by atoms with E-state index in [1.807, 2.05) is 13.0 Å². The summed E-state index contributed by atoms with van der Waals surface area (Å²) in [5.74, 6) is 1.35. The molecule has 0 aliphatic rings. The zero-order valence-corrected chi connectivity index (χ0v) is 9.71. The second-order valence-electron chi connectivity index (χ2n) is 3.81. The number of hydrogen-bond acceptors (Lipinski definition) is 5. The first kappa shape index (κ1) is 11.3. The van der Waals surface area contributed by atoms with Crippen molar-refractivity contribution in [3.8, 4) is 17.7 Å². The summed E-state index contributed by atoms with van der Waals surface area (Å²) in [4.78, 5) is 8.38. The quantitative estimate of drug-likeness (QED) is 0.806. The first-order chi connectivity index (χ1) is 8.24. The van der Waals surface area contributed by atoms with Crippen LogP contribution in [0.1, 0.15) is 37.6 Å². The molecule has 5 heteroatoms. The van der Waals surface area contributed by atoms with Crippen LogP contribution in [0.3, 0.4) is 0 Å². The van der Waals surface area contributed by atoms with Gasteiger partial charge in [-0.05, 0) is 18.6 Å². The first-order valence-electron chi connectivity index (χ1n) is 5.44. The summed E-state index contributed by atoms with van der Waals surface area (Å²) in [6.45, 7) is 4.11. The fraction of sp³-hybridized carbons (Fsp3) is 0.333. The summed E-state index contributed by atoms with van der Waals surface area (Å²) >= 11 is 0. The van der Waals surface area contributed by atoms with Crippen LogP contribution in [0.4, 0.5) is 0 Å². The van der Waals surface area contributed by atoms with Gasteiger partial charge in [-0.1, -0.05) is 19.0 Å². The minimum absolute atomic E-state index is 0.269. The standard InChI is InChI=1S/C12H12N4O/c1-3-8(2)11-15-12(17-16-11)10-5-4-9(6-13)7-14-10/h4-5,7-8H,3H2,1-2H3. The minimum Gasteiger partial charge on any atom is -0.332 e. The number of nitrogens with zero attached hydrogens (tertiary/aromatic N) is 4. The van der Waals surface area contributed by atoms with Crippen molar-refractivity contribution in [2.45, 2.75) is 26.2 Å². The van der Waals surface area contributed by atoms with E-state index in [9.17, 15) is 0 Å². The maximum absolute atomic E-state index is 8.67. The Bertz CT molecular complexity index is 538. The normalized spacial score (nSPS) is 12.1. The first-order valence-corrected chi connectivity index (χ1v) is 5.44. The van der Waals surface area contributed by atoms with E-state index in [4.69, 9.17) is 9.78 Å². The van der Waals surface area contributed by atoms with E-state index >= 15 is 0 Å². The van der Waals surface area contributed by atoms with Gasteiger partial charge in [-0.15, -0.1) is 0 Å². The molecule has 0 N–H and O–H groups in total. The van der Waals surface area contributed by atoms with Gasteiger partial charge in [-0.2, -0.15) is 10.2 Å². The molecule has 0 aliphatic heterocycles. The van der Waals surface area contributed by atoms with Crippen LogP contribution in [-0.4, -0.2) is 15.1 Å². The third kappa shape index (κ3) is 2.31. The Balaban J connectivity index is 2.28. The fourth-order valence-corrected chi connectivity index (χ4v) is 1.31. The number of rotatable bonds is 3. The number of aromatic nitrogens is 3. The summed E-state index contributed by atoms with van der Waals surface area (Å²) < 4.78 is 5.14. The van der Waals surface area contributed by atoms with Crippen LogP contribution in [0, 0.1) is 11.3 Å². The van der Waals surface area contributed by atoms with Gasteiger partial charge in [0.2, 0.25) is 0 Å². The Morgan fingerprint density at radius 2 is 2.29 bits per heavy atom. The molecule has 17 heavy (non-hydrogen) atoms. The Morgan fingerprint density at radius 3 is 2.88 bits per heavy atom. The van der Waals surface area contributed by atoms with E-state index in [1.165, 1.54) is 6.20 Å². The van der Waals surface area contributed by atoms with Gasteiger partial charge in [0.15, 0.2) is 5.82 Å². The Morgan fingerprint density at radius 1 is 1.47 bits per heavy atom. The van der Waals surface area contributed by atoms with Crippen LogP contribution in [0.15, 0.2) is 22.9 Å². The molecular formula is C12H12N4O.